The Morgan fingerprint density at radius 3 is 2.81 bits per heavy atom. The molecule has 1 saturated heterocycles. The van der Waals surface area contributed by atoms with Crippen molar-refractivity contribution in [3.8, 4) is 0 Å². The first-order valence-corrected chi connectivity index (χ1v) is 8.49. The molecule has 0 aromatic carbocycles. The molecule has 1 aliphatic rings. The maximum atomic E-state index is 12.4. The summed E-state index contributed by atoms with van der Waals surface area (Å²) in [5.41, 5.74) is 5.37. The van der Waals surface area contributed by atoms with E-state index in [1.807, 2.05) is 6.92 Å². The molecule has 1 aliphatic heterocycles. The summed E-state index contributed by atoms with van der Waals surface area (Å²) in [6.07, 6.45) is 3.44. The molecule has 2 heterocycles. The summed E-state index contributed by atoms with van der Waals surface area (Å²) in [6.45, 7) is 3.66. The average Bonchev–Trinajstić information content (AvgIpc) is 2.82. The summed E-state index contributed by atoms with van der Waals surface area (Å²) in [7, 11) is -2.06. The highest BCUT2D eigenvalue weighted by Gasteiger charge is 2.26. The van der Waals surface area contributed by atoms with Crippen molar-refractivity contribution in [2.24, 2.45) is 18.7 Å². The summed E-state index contributed by atoms with van der Waals surface area (Å²) in [6, 6.07) is 1.14. The normalized spacial score (nSPS) is 21.1. The van der Waals surface area contributed by atoms with Crippen LogP contribution in [0.4, 0.5) is 0 Å². The molecule has 0 saturated carbocycles. The maximum absolute atomic E-state index is 12.4. The molecule has 1 aromatic heterocycles. The van der Waals surface area contributed by atoms with Crippen LogP contribution >= 0.6 is 0 Å². The number of aromatic nitrogens is 1. The quantitative estimate of drug-likeness (QED) is 0.699. The number of amides is 1. The van der Waals surface area contributed by atoms with Gasteiger partial charge in [0.25, 0.3) is 5.91 Å². The third kappa shape index (κ3) is 3.63. The molecule has 0 bridgehead atoms. The smallest absolute Gasteiger partial charge is 0.265 e. The number of aryl methyl sites for hydroxylation is 1. The van der Waals surface area contributed by atoms with Gasteiger partial charge in [-0.1, -0.05) is 0 Å². The Hall–Kier alpha value is -1.38. The SMILES string of the molecule is CC(NS(=O)(=O)c1cc(C(N)=O)n(C)c1)C1CCCNC1. The van der Waals surface area contributed by atoms with Crippen LogP contribution in [0.1, 0.15) is 30.3 Å². The molecule has 0 spiro atoms. The fourth-order valence-corrected chi connectivity index (χ4v) is 4.02. The first-order chi connectivity index (χ1) is 9.81. The monoisotopic (exact) mass is 314 g/mol. The van der Waals surface area contributed by atoms with Gasteiger partial charge >= 0.3 is 0 Å². The molecule has 8 heteroatoms. The Balaban J connectivity index is 2.14. The number of rotatable bonds is 5. The summed E-state index contributed by atoms with van der Waals surface area (Å²) in [5.74, 6) is -0.378. The molecular formula is C13H22N4O3S. The lowest BCUT2D eigenvalue weighted by Gasteiger charge is -2.28. The van der Waals surface area contributed by atoms with Crippen LogP contribution in [-0.4, -0.2) is 38.0 Å². The lowest BCUT2D eigenvalue weighted by Crippen LogP contribution is -2.44. The van der Waals surface area contributed by atoms with E-state index in [0.29, 0.717) is 0 Å². The lowest BCUT2D eigenvalue weighted by molar-refractivity contribution is 0.0992. The Labute approximate surface area is 124 Å². The summed E-state index contributed by atoms with van der Waals surface area (Å²) in [4.78, 5) is 11.3. The number of carbonyl (C=O) groups excluding carboxylic acids is 1. The number of carbonyl (C=O) groups is 1. The van der Waals surface area contributed by atoms with Crippen molar-refractivity contribution in [1.29, 1.82) is 0 Å². The van der Waals surface area contributed by atoms with Gasteiger partial charge in [0.15, 0.2) is 0 Å². The zero-order valence-electron chi connectivity index (χ0n) is 12.3. The summed E-state index contributed by atoms with van der Waals surface area (Å²) >= 11 is 0. The fraction of sp³-hybridized carbons (Fsp3) is 0.615. The molecule has 7 nitrogen and oxygen atoms in total. The van der Waals surface area contributed by atoms with Gasteiger partial charge in [0.1, 0.15) is 10.6 Å². The van der Waals surface area contributed by atoms with Crippen molar-refractivity contribution in [2.75, 3.05) is 13.1 Å². The number of hydrogen-bond donors (Lipinski definition) is 3. The van der Waals surface area contributed by atoms with E-state index >= 15 is 0 Å². The molecule has 4 N–H and O–H groups in total. The largest absolute Gasteiger partial charge is 0.364 e. The Bertz CT molecular complexity index is 617. The molecule has 1 amide bonds. The molecule has 0 radical (unpaired) electrons. The zero-order valence-corrected chi connectivity index (χ0v) is 13.1. The Morgan fingerprint density at radius 1 is 1.57 bits per heavy atom. The van der Waals surface area contributed by atoms with Gasteiger partial charge in [-0.15, -0.1) is 0 Å². The average molecular weight is 314 g/mol. The van der Waals surface area contributed by atoms with Crippen molar-refractivity contribution in [2.45, 2.75) is 30.7 Å². The van der Waals surface area contributed by atoms with Crippen molar-refractivity contribution in [3.05, 3.63) is 18.0 Å². The van der Waals surface area contributed by atoms with Crippen LogP contribution in [0.5, 0.6) is 0 Å². The standard InChI is InChI=1S/C13H22N4O3S/c1-9(10-4-3-5-15-7-10)16-21(19,20)11-6-12(13(14)18)17(2)8-11/h6,8-10,15-16H,3-5,7H2,1-2H3,(H2,14,18). The third-order valence-corrected chi connectivity index (χ3v) is 5.45. The molecule has 1 fully saturated rings. The van der Waals surface area contributed by atoms with Crippen LogP contribution in [0.25, 0.3) is 0 Å². The molecule has 2 rings (SSSR count). The van der Waals surface area contributed by atoms with Crippen molar-refractivity contribution in [1.82, 2.24) is 14.6 Å². The second-order valence-electron chi connectivity index (χ2n) is 5.55. The highest BCUT2D eigenvalue weighted by Crippen LogP contribution is 2.18. The first-order valence-electron chi connectivity index (χ1n) is 7.00. The minimum absolute atomic E-state index is 0.0643. The van der Waals surface area contributed by atoms with E-state index in [4.69, 9.17) is 5.73 Å². The summed E-state index contributed by atoms with van der Waals surface area (Å²) in [5, 5.41) is 3.27. The van der Waals surface area contributed by atoms with E-state index in [1.54, 1.807) is 7.05 Å². The molecule has 2 atom stereocenters. The third-order valence-electron chi connectivity index (χ3n) is 3.93. The van der Waals surface area contributed by atoms with E-state index in [9.17, 15) is 13.2 Å². The topological polar surface area (TPSA) is 106 Å². The van der Waals surface area contributed by atoms with E-state index < -0.39 is 15.9 Å². The van der Waals surface area contributed by atoms with Crippen molar-refractivity contribution >= 4 is 15.9 Å². The number of primary amides is 1. The number of nitrogens with two attached hydrogens (primary N) is 1. The molecule has 2 unspecified atom stereocenters. The number of sulfonamides is 1. The predicted molar refractivity (Wildman–Crippen MR) is 79.3 cm³/mol. The minimum atomic E-state index is -3.65. The molecule has 1 aromatic rings. The van der Waals surface area contributed by atoms with Gasteiger partial charge in [-0.25, -0.2) is 13.1 Å². The molecule has 118 valence electrons. The predicted octanol–water partition coefficient (Wildman–Crippen LogP) is -0.210. The molecule has 21 heavy (non-hydrogen) atoms. The number of hydrogen-bond acceptors (Lipinski definition) is 4. The van der Waals surface area contributed by atoms with E-state index in [1.165, 1.54) is 16.8 Å². The number of nitrogens with zero attached hydrogens (tertiary/aromatic N) is 1. The number of nitrogens with one attached hydrogen (secondary N) is 2. The van der Waals surface area contributed by atoms with Gasteiger partial charge < -0.3 is 15.6 Å². The Kier molecular flexibility index (Phi) is 4.70. The van der Waals surface area contributed by atoms with Gasteiger partial charge in [-0.3, -0.25) is 4.79 Å². The molecule has 0 aliphatic carbocycles. The Morgan fingerprint density at radius 2 is 2.29 bits per heavy atom. The first kappa shape index (κ1) is 16.0. The van der Waals surface area contributed by atoms with Gasteiger partial charge in [0.2, 0.25) is 10.0 Å². The van der Waals surface area contributed by atoms with Crippen molar-refractivity contribution in [3.63, 3.8) is 0 Å². The summed E-state index contributed by atoms with van der Waals surface area (Å²) < 4.78 is 28.9. The minimum Gasteiger partial charge on any atom is -0.364 e. The second-order valence-corrected chi connectivity index (χ2v) is 7.27. The molecular weight excluding hydrogens is 292 g/mol. The van der Waals surface area contributed by atoms with E-state index in [0.717, 1.165) is 25.9 Å². The zero-order chi connectivity index (χ0) is 15.6. The van der Waals surface area contributed by atoms with Crippen LogP contribution in [0.2, 0.25) is 0 Å². The van der Waals surface area contributed by atoms with Gasteiger partial charge in [0, 0.05) is 19.3 Å². The van der Waals surface area contributed by atoms with Gasteiger partial charge in [0.05, 0.1) is 0 Å². The highest BCUT2D eigenvalue weighted by atomic mass is 32.2. The van der Waals surface area contributed by atoms with Gasteiger partial charge in [-0.2, -0.15) is 0 Å². The second kappa shape index (κ2) is 6.17. The van der Waals surface area contributed by atoms with E-state index in [-0.39, 0.29) is 22.5 Å². The van der Waals surface area contributed by atoms with Crippen LogP contribution in [0.3, 0.4) is 0 Å². The van der Waals surface area contributed by atoms with Crippen LogP contribution in [0.15, 0.2) is 17.2 Å². The van der Waals surface area contributed by atoms with Crippen LogP contribution in [-0.2, 0) is 17.1 Å². The highest BCUT2D eigenvalue weighted by molar-refractivity contribution is 7.89. The maximum Gasteiger partial charge on any atom is 0.265 e. The van der Waals surface area contributed by atoms with Gasteiger partial charge in [-0.05, 0) is 44.8 Å². The number of piperidine rings is 1. The van der Waals surface area contributed by atoms with Crippen LogP contribution in [0, 0.1) is 5.92 Å². The van der Waals surface area contributed by atoms with Crippen LogP contribution < -0.4 is 15.8 Å². The fourth-order valence-electron chi connectivity index (χ4n) is 2.64. The lowest BCUT2D eigenvalue weighted by atomic mass is 9.94. The van der Waals surface area contributed by atoms with Crippen molar-refractivity contribution < 1.29 is 13.2 Å². The van der Waals surface area contributed by atoms with E-state index in [2.05, 4.69) is 10.0 Å².